The number of para-hydroxylation sites is 1. The number of carbonyl (C=O) groups excluding carboxylic acids is 3. The molecule has 7 heteroatoms. The molecular weight excluding hydrogens is 385 g/mol. The van der Waals surface area contributed by atoms with Crippen LogP contribution in [0.15, 0.2) is 54.6 Å². The fraction of sp³-hybridized carbons (Fsp3) is 0.261. The third-order valence-electron chi connectivity index (χ3n) is 4.99. The number of rotatable bonds is 3. The number of nitrogens with one attached hydrogen (secondary N) is 1. The van der Waals surface area contributed by atoms with Crippen molar-refractivity contribution in [2.24, 2.45) is 0 Å². The Kier molecular flexibility index (Phi) is 4.68. The van der Waals surface area contributed by atoms with Gasteiger partial charge >= 0.3 is 0 Å². The zero-order valence-corrected chi connectivity index (χ0v) is 17.0. The van der Waals surface area contributed by atoms with Crippen LogP contribution in [-0.2, 0) is 4.79 Å². The van der Waals surface area contributed by atoms with E-state index in [0.717, 1.165) is 5.39 Å². The Bertz CT molecular complexity index is 1160. The second-order valence-electron chi connectivity index (χ2n) is 8.44. The molecule has 1 aliphatic rings. The van der Waals surface area contributed by atoms with Gasteiger partial charge in [0.25, 0.3) is 11.8 Å². The van der Waals surface area contributed by atoms with Crippen LogP contribution in [0.2, 0.25) is 0 Å². The van der Waals surface area contributed by atoms with Crippen LogP contribution in [0.4, 0.5) is 4.39 Å². The molecule has 0 bridgehead atoms. The van der Waals surface area contributed by atoms with Crippen LogP contribution in [0, 0.1) is 5.82 Å². The first kappa shape index (κ1) is 19.8. The molecule has 4 rings (SSSR count). The summed E-state index contributed by atoms with van der Waals surface area (Å²) in [6.07, 6.45) is 0. The summed E-state index contributed by atoms with van der Waals surface area (Å²) in [6, 6.07) is 13.2. The first-order valence-corrected chi connectivity index (χ1v) is 9.68. The molecule has 6 nitrogen and oxygen atoms in total. The second kappa shape index (κ2) is 7.09. The van der Waals surface area contributed by atoms with Crippen LogP contribution in [0.1, 0.15) is 47.7 Å². The molecule has 1 N–H and O–H groups in total. The fourth-order valence-corrected chi connectivity index (χ4v) is 3.78. The van der Waals surface area contributed by atoms with Crippen LogP contribution in [-0.4, -0.2) is 39.3 Å². The van der Waals surface area contributed by atoms with Gasteiger partial charge in [0.05, 0.1) is 5.52 Å². The van der Waals surface area contributed by atoms with Gasteiger partial charge in [-0.25, -0.2) is 4.39 Å². The summed E-state index contributed by atoms with van der Waals surface area (Å²) in [5.74, 6) is -1.61. The van der Waals surface area contributed by atoms with Gasteiger partial charge in [-0.2, -0.15) is 0 Å². The van der Waals surface area contributed by atoms with Crippen molar-refractivity contribution in [2.45, 2.75) is 32.4 Å². The van der Waals surface area contributed by atoms with Crippen LogP contribution in [0.5, 0.6) is 0 Å². The lowest BCUT2D eigenvalue weighted by molar-refractivity contribution is -0.127. The van der Waals surface area contributed by atoms with Crippen molar-refractivity contribution >= 4 is 28.6 Å². The van der Waals surface area contributed by atoms with E-state index >= 15 is 0 Å². The highest BCUT2D eigenvalue weighted by molar-refractivity contribution is 6.10. The fourth-order valence-electron chi connectivity index (χ4n) is 3.78. The molecule has 0 aliphatic carbocycles. The monoisotopic (exact) mass is 407 g/mol. The highest BCUT2D eigenvalue weighted by Gasteiger charge is 2.40. The lowest BCUT2D eigenvalue weighted by Gasteiger charge is -2.35. The Morgan fingerprint density at radius 2 is 1.73 bits per heavy atom. The van der Waals surface area contributed by atoms with E-state index in [0.29, 0.717) is 11.1 Å². The molecule has 1 unspecified atom stereocenters. The Balaban J connectivity index is 1.80. The molecule has 30 heavy (non-hydrogen) atoms. The molecule has 154 valence electrons. The van der Waals surface area contributed by atoms with E-state index in [4.69, 9.17) is 0 Å². The Hall–Kier alpha value is -3.48. The molecule has 1 aliphatic heterocycles. The van der Waals surface area contributed by atoms with Gasteiger partial charge in [-0.1, -0.05) is 30.3 Å². The zero-order chi connectivity index (χ0) is 21.6. The lowest BCUT2D eigenvalue weighted by atomic mass is 10.0. The number of halogens is 1. The summed E-state index contributed by atoms with van der Waals surface area (Å²) in [7, 11) is 0. The minimum Gasteiger partial charge on any atom is -0.349 e. The number of hydrogen-bond acceptors (Lipinski definition) is 3. The molecule has 2 aromatic carbocycles. The smallest absolute Gasteiger partial charge is 0.272 e. The van der Waals surface area contributed by atoms with E-state index in [-0.39, 0.29) is 18.1 Å². The van der Waals surface area contributed by atoms with E-state index in [1.54, 1.807) is 18.2 Å². The molecule has 0 radical (unpaired) electrons. The summed E-state index contributed by atoms with van der Waals surface area (Å²) in [4.78, 5) is 40.8. The Morgan fingerprint density at radius 3 is 2.40 bits per heavy atom. The Morgan fingerprint density at radius 1 is 1.07 bits per heavy atom. The van der Waals surface area contributed by atoms with E-state index in [1.165, 1.54) is 33.7 Å². The van der Waals surface area contributed by atoms with Gasteiger partial charge in [0.2, 0.25) is 5.91 Å². The predicted molar refractivity (Wildman–Crippen MR) is 111 cm³/mol. The van der Waals surface area contributed by atoms with Gasteiger partial charge < -0.3 is 10.2 Å². The molecule has 0 fully saturated rings. The number of amides is 2. The quantitative estimate of drug-likeness (QED) is 0.722. The molecule has 1 atom stereocenters. The predicted octanol–water partition coefficient (Wildman–Crippen LogP) is 3.53. The normalized spacial score (nSPS) is 15.3. The van der Waals surface area contributed by atoms with Crippen molar-refractivity contribution in [2.75, 3.05) is 6.54 Å². The molecule has 2 heterocycles. The van der Waals surface area contributed by atoms with E-state index in [2.05, 4.69) is 5.32 Å². The molecule has 1 aromatic heterocycles. The van der Waals surface area contributed by atoms with Crippen molar-refractivity contribution in [3.8, 4) is 0 Å². The molecule has 3 aromatic rings. The van der Waals surface area contributed by atoms with Crippen LogP contribution >= 0.6 is 0 Å². The molecule has 0 spiro atoms. The molecule has 2 amide bonds. The maximum absolute atomic E-state index is 13.5. The highest BCUT2D eigenvalue weighted by Crippen LogP contribution is 2.30. The number of hydrogen-bond donors (Lipinski definition) is 1. The standard InChI is InChI=1S/C23H22FN3O3/c1-23(2,3)25-21(29)20(14-8-10-16(24)11-9-14)26-13-19(28)27-17-7-5-4-6-15(17)12-18(27)22(26)30/h4-12,20H,13H2,1-3H3,(H,25,29). The topological polar surface area (TPSA) is 71.4 Å². The molecule has 0 saturated heterocycles. The van der Waals surface area contributed by atoms with Gasteiger partial charge in [0.15, 0.2) is 0 Å². The Labute approximate surface area is 173 Å². The first-order chi connectivity index (χ1) is 14.2. The second-order valence-corrected chi connectivity index (χ2v) is 8.44. The average molecular weight is 407 g/mol. The number of aromatic nitrogens is 1. The van der Waals surface area contributed by atoms with Crippen LogP contribution < -0.4 is 5.32 Å². The first-order valence-electron chi connectivity index (χ1n) is 9.68. The van der Waals surface area contributed by atoms with Gasteiger partial charge in [0.1, 0.15) is 24.1 Å². The lowest BCUT2D eigenvalue weighted by Crippen LogP contribution is -2.53. The van der Waals surface area contributed by atoms with Gasteiger partial charge in [0, 0.05) is 10.9 Å². The highest BCUT2D eigenvalue weighted by atomic mass is 19.1. The van der Waals surface area contributed by atoms with E-state index < -0.39 is 29.2 Å². The van der Waals surface area contributed by atoms with Crippen molar-refractivity contribution in [3.05, 3.63) is 71.7 Å². The molecular formula is C23H22FN3O3. The zero-order valence-electron chi connectivity index (χ0n) is 17.0. The van der Waals surface area contributed by atoms with Gasteiger partial charge in [-0.3, -0.25) is 19.0 Å². The maximum atomic E-state index is 13.5. The summed E-state index contributed by atoms with van der Waals surface area (Å²) >= 11 is 0. The number of benzene rings is 2. The summed E-state index contributed by atoms with van der Waals surface area (Å²) in [5.41, 5.74) is 0.752. The molecule has 0 saturated carbocycles. The largest absolute Gasteiger partial charge is 0.349 e. The third kappa shape index (κ3) is 3.47. The van der Waals surface area contributed by atoms with E-state index in [9.17, 15) is 18.8 Å². The van der Waals surface area contributed by atoms with Crippen molar-refractivity contribution in [1.29, 1.82) is 0 Å². The average Bonchev–Trinajstić information content (AvgIpc) is 3.06. The van der Waals surface area contributed by atoms with Crippen molar-refractivity contribution in [3.63, 3.8) is 0 Å². The van der Waals surface area contributed by atoms with Crippen molar-refractivity contribution in [1.82, 2.24) is 14.8 Å². The maximum Gasteiger partial charge on any atom is 0.272 e. The van der Waals surface area contributed by atoms with E-state index in [1.807, 2.05) is 32.9 Å². The number of carbonyl (C=O) groups is 3. The minimum atomic E-state index is -1.06. The summed E-state index contributed by atoms with van der Waals surface area (Å²) in [6.45, 7) is 5.22. The SMILES string of the molecule is CC(C)(C)NC(=O)C(c1ccc(F)cc1)N1CC(=O)n2c(cc3ccccc32)C1=O. The van der Waals surface area contributed by atoms with Gasteiger partial charge in [-0.05, 0) is 50.6 Å². The third-order valence-corrected chi connectivity index (χ3v) is 4.99. The van der Waals surface area contributed by atoms with Crippen molar-refractivity contribution < 1.29 is 18.8 Å². The number of nitrogens with zero attached hydrogens (tertiary/aromatic N) is 2. The van der Waals surface area contributed by atoms with Crippen LogP contribution in [0.25, 0.3) is 10.9 Å². The minimum absolute atomic E-state index is 0.211. The van der Waals surface area contributed by atoms with Crippen LogP contribution in [0.3, 0.4) is 0 Å². The summed E-state index contributed by atoms with van der Waals surface area (Å²) < 4.78 is 14.9. The summed E-state index contributed by atoms with van der Waals surface area (Å²) in [5, 5.41) is 3.64. The van der Waals surface area contributed by atoms with Gasteiger partial charge in [-0.15, -0.1) is 0 Å². The number of fused-ring (bicyclic) bond motifs is 3.